The van der Waals surface area contributed by atoms with Crippen molar-refractivity contribution in [3.63, 3.8) is 0 Å². The number of thiazole rings is 1. The Morgan fingerprint density at radius 3 is 2.52 bits per heavy atom. The van der Waals surface area contributed by atoms with Crippen molar-refractivity contribution in [2.24, 2.45) is 0 Å². The molecule has 0 saturated heterocycles. The van der Waals surface area contributed by atoms with Crippen molar-refractivity contribution in [1.82, 2.24) is 9.29 Å². The minimum Gasteiger partial charge on any atom is -0.229 e. The monoisotopic (exact) mass is 348 g/mol. The summed E-state index contributed by atoms with van der Waals surface area (Å²) in [6.45, 7) is 3.21. The van der Waals surface area contributed by atoms with Crippen molar-refractivity contribution in [3.8, 4) is 0 Å². The molecule has 1 unspecified atom stereocenters. The molecule has 1 aromatic carbocycles. The van der Waals surface area contributed by atoms with Crippen molar-refractivity contribution >= 4 is 33.0 Å². The lowest BCUT2D eigenvalue weighted by Gasteiger charge is -2.24. The number of sulfonamides is 1. The largest absolute Gasteiger partial charge is 0.254 e. The molecule has 0 aliphatic carbocycles. The second-order valence-electron chi connectivity index (χ2n) is 4.56. The summed E-state index contributed by atoms with van der Waals surface area (Å²) in [6, 6.07) is 5.47. The summed E-state index contributed by atoms with van der Waals surface area (Å²) < 4.78 is 40.4. The van der Waals surface area contributed by atoms with Crippen molar-refractivity contribution in [2.45, 2.75) is 24.1 Å². The Hall–Kier alpha value is -1.02. The van der Waals surface area contributed by atoms with E-state index >= 15 is 0 Å². The summed E-state index contributed by atoms with van der Waals surface area (Å²) in [6.07, 6.45) is 0. The number of hydrogen-bond acceptors (Lipinski definition) is 4. The Bertz CT molecular complexity index is 761. The van der Waals surface area contributed by atoms with Crippen LogP contribution in [0.5, 0.6) is 0 Å². The molecule has 0 aliphatic heterocycles. The van der Waals surface area contributed by atoms with Crippen LogP contribution in [0.2, 0.25) is 4.47 Å². The zero-order chi connectivity index (χ0) is 15.8. The molecule has 0 amide bonds. The smallest absolute Gasteiger partial charge is 0.229 e. The van der Waals surface area contributed by atoms with Gasteiger partial charge in [-0.3, -0.25) is 0 Å². The van der Waals surface area contributed by atoms with E-state index in [4.69, 9.17) is 11.6 Å². The molecule has 0 bridgehead atoms. The van der Waals surface area contributed by atoms with Crippen LogP contribution in [0.3, 0.4) is 0 Å². The lowest BCUT2D eigenvalue weighted by Crippen LogP contribution is -2.30. The number of nitrogens with zero attached hydrogens (tertiary/aromatic N) is 2. The fourth-order valence-corrected chi connectivity index (χ4v) is 5.18. The van der Waals surface area contributed by atoms with E-state index in [1.165, 1.54) is 13.1 Å². The molecule has 1 aromatic heterocycles. The predicted octanol–water partition coefficient (Wildman–Crippen LogP) is 3.63. The molecule has 0 saturated carbocycles. The first-order chi connectivity index (χ1) is 9.75. The third kappa shape index (κ3) is 3.11. The predicted molar refractivity (Wildman–Crippen MR) is 81.6 cm³/mol. The van der Waals surface area contributed by atoms with Crippen molar-refractivity contribution in [2.75, 3.05) is 7.05 Å². The van der Waals surface area contributed by atoms with Gasteiger partial charge in [-0.1, -0.05) is 41.1 Å². The van der Waals surface area contributed by atoms with Crippen LogP contribution in [-0.2, 0) is 10.0 Å². The number of aromatic nitrogens is 1. The van der Waals surface area contributed by atoms with E-state index in [9.17, 15) is 12.8 Å². The molecule has 2 rings (SSSR count). The summed E-state index contributed by atoms with van der Waals surface area (Å²) in [4.78, 5) is 3.91. The highest BCUT2D eigenvalue weighted by Crippen LogP contribution is 2.33. The van der Waals surface area contributed by atoms with Gasteiger partial charge in [-0.2, -0.15) is 4.31 Å². The zero-order valence-corrected chi connectivity index (χ0v) is 14.1. The second kappa shape index (κ2) is 6.00. The molecule has 0 fully saturated rings. The first-order valence-electron chi connectivity index (χ1n) is 6.10. The maximum Gasteiger partial charge on any atom is 0.254 e. The van der Waals surface area contributed by atoms with Gasteiger partial charge in [0, 0.05) is 18.7 Å². The highest BCUT2D eigenvalue weighted by atomic mass is 35.5. The molecular formula is C13H14ClFN2O2S2. The van der Waals surface area contributed by atoms with Crippen LogP contribution in [0.4, 0.5) is 4.39 Å². The maximum atomic E-state index is 13.8. The summed E-state index contributed by atoms with van der Waals surface area (Å²) in [7, 11) is -2.36. The van der Waals surface area contributed by atoms with Crippen LogP contribution in [0, 0.1) is 12.7 Å². The van der Waals surface area contributed by atoms with E-state index in [2.05, 4.69) is 4.98 Å². The summed E-state index contributed by atoms with van der Waals surface area (Å²) in [5.41, 5.74) is 0.662. The fraction of sp³-hybridized carbons (Fsp3) is 0.308. The quantitative estimate of drug-likeness (QED) is 0.847. The lowest BCUT2D eigenvalue weighted by molar-refractivity contribution is 0.388. The lowest BCUT2D eigenvalue weighted by atomic mass is 10.1. The van der Waals surface area contributed by atoms with E-state index in [0.29, 0.717) is 11.3 Å². The normalized spacial score (nSPS) is 13.6. The summed E-state index contributed by atoms with van der Waals surface area (Å²) in [5, 5.41) is 0. The van der Waals surface area contributed by atoms with E-state index in [0.717, 1.165) is 15.6 Å². The molecule has 114 valence electrons. The van der Waals surface area contributed by atoms with E-state index in [-0.39, 0.29) is 8.68 Å². The minimum atomic E-state index is -3.77. The van der Waals surface area contributed by atoms with Gasteiger partial charge in [0.1, 0.15) is 5.82 Å². The maximum absolute atomic E-state index is 13.8. The van der Waals surface area contributed by atoms with Crippen molar-refractivity contribution in [3.05, 3.63) is 45.8 Å². The van der Waals surface area contributed by atoms with Gasteiger partial charge >= 0.3 is 0 Å². The van der Waals surface area contributed by atoms with Gasteiger partial charge in [-0.25, -0.2) is 17.8 Å². The Morgan fingerprint density at radius 1 is 1.38 bits per heavy atom. The van der Waals surface area contributed by atoms with Gasteiger partial charge in [-0.15, -0.1) is 0 Å². The van der Waals surface area contributed by atoms with E-state index in [1.54, 1.807) is 32.0 Å². The Balaban J connectivity index is 2.41. The van der Waals surface area contributed by atoms with Gasteiger partial charge < -0.3 is 0 Å². The molecule has 4 nitrogen and oxygen atoms in total. The van der Waals surface area contributed by atoms with Crippen LogP contribution in [-0.4, -0.2) is 24.8 Å². The van der Waals surface area contributed by atoms with Crippen LogP contribution in [0.15, 0.2) is 28.5 Å². The third-order valence-electron chi connectivity index (χ3n) is 3.24. The Labute approximate surface area is 132 Å². The molecule has 0 radical (unpaired) electrons. The third-order valence-corrected chi connectivity index (χ3v) is 7.02. The standard InChI is InChI=1S/C13H14ClFN2O2S2/c1-8-12(20-13(14)16-8)21(18,19)17(3)9(2)10-6-4-5-7-11(10)15/h4-7,9H,1-3H3. The summed E-state index contributed by atoms with van der Waals surface area (Å²) in [5.74, 6) is -0.439. The van der Waals surface area contributed by atoms with E-state index in [1.807, 2.05) is 0 Å². The van der Waals surface area contributed by atoms with E-state index < -0.39 is 21.9 Å². The second-order valence-corrected chi connectivity index (χ2v) is 8.33. The average molecular weight is 349 g/mol. The summed E-state index contributed by atoms with van der Waals surface area (Å²) >= 11 is 6.66. The van der Waals surface area contributed by atoms with Crippen LogP contribution < -0.4 is 0 Å². The van der Waals surface area contributed by atoms with Crippen LogP contribution >= 0.6 is 22.9 Å². The van der Waals surface area contributed by atoms with Gasteiger partial charge in [0.05, 0.1) is 5.69 Å². The molecule has 2 aromatic rings. The Morgan fingerprint density at radius 2 is 2.00 bits per heavy atom. The topological polar surface area (TPSA) is 50.3 Å². The molecule has 1 heterocycles. The van der Waals surface area contributed by atoms with Gasteiger partial charge in [-0.05, 0) is 19.9 Å². The van der Waals surface area contributed by atoms with Gasteiger partial charge in [0.2, 0.25) is 0 Å². The molecule has 0 aliphatic rings. The number of aryl methyl sites for hydroxylation is 1. The van der Waals surface area contributed by atoms with Gasteiger partial charge in [0.25, 0.3) is 10.0 Å². The molecular weight excluding hydrogens is 335 g/mol. The number of halogens is 2. The van der Waals surface area contributed by atoms with Crippen LogP contribution in [0.1, 0.15) is 24.2 Å². The Kier molecular flexibility index (Phi) is 4.67. The molecule has 0 spiro atoms. The van der Waals surface area contributed by atoms with Gasteiger partial charge in [0.15, 0.2) is 8.68 Å². The number of benzene rings is 1. The first kappa shape index (κ1) is 16.4. The molecule has 0 N–H and O–H groups in total. The zero-order valence-electron chi connectivity index (χ0n) is 11.7. The highest BCUT2D eigenvalue weighted by molar-refractivity contribution is 7.91. The van der Waals surface area contributed by atoms with Crippen molar-refractivity contribution in [1.29, 1.82) is 0 Å². The average Bonchev–Trinajstić information content (AvgIpc) is 2.77. The SMILES string of the molecule is Cc1nc(Cl)sc1S(=O)(=O)N(C)C(C)c1ccccc1F. The van der Waals surface area contributed by atoms with Crippen molar-refractivity contribution < 1.29 is 12.8 Å². The molecule has 21 heavy (non-hydrogen) atoms. The number of hydrogen-bond donors (Lipinski definition) is 0. The van der Waals surface area contributed by atoms with Crippen LogP contribution in [0.25, 0.3) is 0 Å². The first-order valence-corrected chi connectivity index (χ1v) is 8.74. The fourth-order valence-electron chi connectivity index (χ4n) is 1.94. The molecule has 8 heteroatoms. The minimum absolute atomic E-state index is 0.0817. The highest BCUT2D eigenvalue weighted by Gasteiger charge is 2.31. The number of rotatable bonds is 4. The molecule has 1 atom stereocenters.